The fraction of sp³-hybridized carbons (Fsp3) is 0.333. The molecule has 3 N–H and O–H groups in total. The average molecular weight is 383 g/mol. The lowest BCUT2D eigenvalue weighted by Gasteiger charge is -2.12. The largest absolute Gasteiger partial charge is 0.491 e. The number of nitrogens with one attached hydrogen (secondary N) is 3. The smallest absolute Gasteiger partial charge is 0.319 e. The van der Waals surface area contributed by atoms with Crippen molar-refractivity contribution in [1.82, 2.24) is 5.32 Å². The normalized spacial score (nSPS) is 15.7. The summed E-state index contributed by atoms with van der Waals surface area (Å²) in [6.45, 7) is 3.70. The Hall–Kier alpha value is -3.06. The van der Waals surface area contributed by atoms with Gasteiger partial charge in [0.25, 0.3) is 5.91 Å². The molecule has 1 aliphatic rings. The van der Waals surface area contributed by atoms with E-state index in [0.717, 1.165) is 19.4 Å². The highest BCUT2D eigenvalue weighted by Crippen LogP contribution is 2.19. The van der Waals surface area contributed by atoms with Crippen LogP contribution in [0.5, 0.6) is 5.75 Å². The molecule has 1 unspecified atom stereocenters. The van der Waals surface area contributed by atoms with E-state index in [4.69, 9.17) is 9.47 Å². The van der Waals surface area contributed by atoms with Crippen LogP contribution in [-0.2, 0) is 4.74 Å². The van der Waals surface area contributed by atoms with Gasteiger partial charge >= 0.3 is 6.03 Å². The molecule has 148 valence electrons. The number of ether oxygens (including phenoxy) is 2. The van der Waals surface area contributed by atoms with Gasteiger partial charge in [-0.3, -0.25) is 4.79 Å². The maximum atomic E-state index is 12.5. The number of hydrogen-bond acceptors (Lipinski definition) is 4. The molecule has 1 atom stereocenters. The van der Waals surface area contributed by atoms with E-state index in [1.807, 2.05) is 6.92 Å². The lowest BCUT2D eigenvalue weighted by molar-refractivity contribution is 0.0679. The van der Waals surface area contributed by atoms with Gasteiger partial charge in [0.1, 0.15) is 12.4 Å². The first kappa shape index (κ1) is 19.7. The molecule has 2 aromatic carbocycles. The summed E-state index contributed by atoms with van der Waals surface area (Å²) in [5.74, 6) is 0.473. The van der Waals surface area contributed by atoms with Gasteiger partial charge in [-0.25, -0.2) is 4.79 Å². The van der Waals surface area contributed by atoms with Crippen LogP contribution in [0.3, 0.4) is 0 Å². The molecule has 7 heteroatoms. The van der Waals surface area contributed by atoms with E-state index >= 15 is 0 Å². The van der Waals surface area contributed by atoms with E-state index in [9.17, 15) is 9.59 Å². The van der Waals surface area contributed by atoms with Gasteiger partial charge in [0.15, 0.2) is 0 Å². The zero-order chi connectivity index (χ0) is 19.8. The van der Waals surface area contributed by atoms with Crippen molar-refractivity contribution >= 4 is 23.3 Å². The van der Waals surface area contributed by atoms with Gasteiger partial charge in [-0.1, -0.05) is 6.07 Å². The molecule has 1 aliphatic heterocycles. The number of amides is 3. The Bertz CT molecular complexity index is 802. The Kier molecular flexibility index (Phi) is 6.86. The number of benzene rings is 2. The Morgan fingerprint density at radius 2 is 1.86 bits per heavy atom. The van der Waals surface area contributed by atoms with E-state index in [2.05, 4.69) is 16.0 Å². The first-order valence-electron chi connectivity index (χ1n) is 9.45. The SMILES string of the molecule is CCNC(=O)Nc1cccc(NC(=O)c2ccc(OCC3CCCO3)cc2)c1. The molecular formula is C21H25N3O4. The summed E-state index contributed by atoms with van der Waals surface area (Å²) in [4.78, 5) is 24.1. The maximum Gasteiger partial charge on any atom is 0.319 e. The molecule has 0 radical (unpaired) electrons. The number of urea groups is 1. The maximum absolute atomic E-state index is 12.5. The van der Waals surface area contributed by atoms with Gasteiger partial charge in [-0.2, -0.15) is 0 Å². The molecule has 3 amide bonds. The Morgan fingerprint density at radius 1 is 1.11 bits per heavy atom. The molecule has 7 nitrogen and oxygen atoms in total. The summed E-state index contributed by atoms with van der Waals surface area (Å²) in [6.07, 6.45) is 2.25. The third-order valence-corrected chi connectivity index (χ3v) is 4.29. The minimum absolute atomic E-state index is 0.156. The predicted octanol–water partition coefficient (Wildman–Crippen LogP) is 3.64. The Balaban J connectivity index is 1.54. The molecule has 0 spiro atoms. The number of rotatable bonds is 7. The summed E-state index contributed by atoms with van der Waals surface area (Å²) in [5, 5.41) is 8.20. The molecule has 3 rings (SSSR count). The van der Waals surface area contributed by atoms with E-state index in [1.54, 1.807) is 48.5 Å². The van der Waals surface area contributed by atoms with Crippen molar-refractivity contribution in [2.75, 3.05) is 30.4 Å². The van der Waals surface area contributed by atoms with Gasteiger partial charge in [0.2, 0.25) is 0 Å². The van der Waals surface area contributed by atoms with Gasteiger partial charge < -0.3 is 25.4 Å². The first-order valence-corrected chi connectivity index (χ1v) is 9.45. The van der Waals surface area contributed by atoms with Crippen LogP contribution in [0.25, 0.3) is 0 Å². The minimum atomic E-state index is -0.287. The molecule has 1 heterocycles. The van der Waals surface area contributed by atoms with Crippen LogP contribution < -0.4 is 20.7 Å². The summed E-state index contributed by atoms with van der Waals surface area (Å²) >= 11 is 0. The Labute approximate surface area is 164 Å². The first-order chi connectivity index (χ1) is 13.6. The van der Waals surface area contributed by atoms with Gasteiger partial charge in [0.05, 0.1) is 6.10 Å². The van der Waals surface area contributed by atoms with Gasteiger partial charge in [-0.15, -0.1) is 0 Å². The highest BCUT2D eigenvalue weighted by molar-refractivity contribution is 6.04. The molecule has 0 saturated carbocycles. The van der Waals surface area contributed by atoms with Gasteiger partial charge in [0, 0.05) is 30.1 Å². The van der Waals surface area contributed by atoms with Crippen molar-refractivity contribution in [2.45, 2.75) is 25.9 Å². The Morgan fingerprint density at radius 3 is 2.54 bits per heavy atom. The van der Waals surface area contributed by atoms with Crippen molar-refractivity contribution in [3.63, 3.8) is 0 Å². The topological polar surface area (TPSA) is 88.7 Å². The summed E-state index contributed by atoms with van der Waals surface area (Å²) < 4.78 is 11.2. The third kappa shape index (κ3) is 5.72. The van der Waals surface area contributed by atoms with E-state index in [-0.39, 0.29) is 18.0 Å². The molecule has 0 aliphatic carbocycles. The summed E-state index contributed by atoms with van der Waals surface area (Å²) in [6, 6.07) is 13.7. The number of hydrogen-bond donors (Lipinski definition) is 3. The fourth-order valence-electron chi connectivity index (χ4n) is 2.88. The lowest BCUT2D eigenvalue weighted by atomic mass is 10.2. The quantitative estimate of drug-likeness (QED) is 0.681. The van der Waals surface area contributed by atoms with E-state index in [1.165, 1.54) is 0 Å². The average Bonchev–Trinajstić information content (AvgIpc) is 3.21. The van der Waals surface area contributed by atoms with Crippen molar-refractivity contribution in [3.8, 4) is 5.75 Å². The number of carbonyl (C=O) groups excluding carboxylic acids is 2. The monoisotopic (exact) mass is 383 g/mol. The zero-order valence-electron chi connectivity index (χ0n) is 15.9. The van der Waals surface area contributed by atoms with Crippen LogP contribution >= 0.6 is 0 Å². The fourth-order valence-corrected chi connectivity index (χ4v) is 2.88. The second-order valence-electron chi connectivity index (χ2n) is 6.49. The summed E-state index contributed by atoms with van der Waals surface area (Å²) in [7, 11) is 0. The summed E-state index contributed by atoms with van der Waals surface area (Å²) in [5.41, 5.74) is 1.71. The zero-order valence-corrected chi connectivity index (χ0v) is 15.9. The predicted molar refractivity (Wildman–Crippen MR) is 108 cm³/mol. The van der Waals surface area contributed by atoms with Crippen LogP contribution in [0, 0.1) is 0 Å². The van der Waals surface area contributed by atoms with Crippen LogP contribution in [-0.4, -0.2) is 37.8 Å². The number of carbonyl (C=O) groups is 2. The molecule has 0 bridgehead atoms. The minimum Gasteiger partial charge on any atom is -0.491 e. The van der Waals surface area contributed by atoms with Crippen LogP contribution in [0.4, 0.5) is 16.2 Å². The standard InChI is InChI=1S/C21H25N3O4/c1-2-22-21(26)24-17-6-3-5-16(13-17)23-20(25)15-8-10-18(11-9-15)28-14-19-7-4-12-27-19/h3,5-6,8-11,13,19H,2,4,7,12,14H2,1H3,(H,23,25)(H2,22,24,26). The molecule has 1 saturated heterocycles. The molecule has 0 aromatic heterocycles. The molecular weight excluding hydrogens is 358 g/mol. The van der Waals surface area contributed by atoms with Crippen LogP contribution in [0.2, 0.25) is 0 Å². The lowest BCUT2D eigenvalue weighted by Crippen LogP contribution is -2.28. The third-order valence-electron chi connectivity index (χ3n) is 4.29. The van der Waals surface area contributed by atoms with E-state index in [0.29, 0.717) is 35.8 Å². The highest BCUT2D eigenvalue weighted by Gasteiger charge is 2.16. The van der Waals surface area contributed by atoms with Crippen LogP contribution in [0.1, 0.15) is 30.1 Å². The second-order valence-corrected chi connectivity index (χ2v) is 6.49. The van der Waals surface area contributed by atoms with Crippen molar-refractivity contribution in [1.29, 1.82) is 0 Å². The van der Waals surface area contributed by atoms with Gasteiger partial charge in [-0.05, 0) is 62.2 Å². The number of anilines is 2. The van der Waals surface area contributed by atoms with E-state index < -0.39 is 0 Å². The molecule has 28 heavy (non-hydrogen) atoms. The van der Waals surface area contributed by atoms with Crippen molar-refractivity contribution in [2.24, 2.45) is 0 Å². The van der Waals surface area contributed by atoms with Crippen molar-refractivity contribution < 1.29 is 19.1 Å². The second kappa shape index (κ2) is 9.75. The van der Waals surface area contributed by atoms with Crippen LogP contribution in [0.15, 0.2) is 48.5 Å². The highest BCUT2D eigenvalue weighted by atomic mass is 16.5. The molecule has 1 fully saturated rings. The molecule has 2 aromatic rings. The van der Waals surface area contributed by atoms with Crippen molar-refractivity contribution in [3.05, 3.63) is 54.1 Å².